The van der Waals surface area contributed by atoms with Gasteiger partial charge in [0.05, 0.1) is 12.8 Å². The summed E-state index contributed by atoms with van der Waals surface area (Å²) in [5.74, 6) is 2.61. The second-order valence-electron chi connectivity index (χ2n) is 7.74. The molecule has 146 valence electrons. The van der Waals surface area contributed by atoms with E-state index in [2.05, 4.69) is 20.3 Å². The van der Waals surface area contributed by atoms with E-state index in [0.717, 1.165) is 68.7 Å². The van der Waals surface area contributed by atoms with Crippen molar-refractivity contribution in [3.8, 4) is 11.4 Å². The largest absolute Gasteiger partial charge is 0.497 e. The number of nitrogens with one attached hydrogen (secondary N) is 2. The summed E-state index contributed by atoms with van der Waals surface area (Å²) in [6, 6.07) is 7.40. The van der Waals surface area contributed by atoms with Crippen molar-refractivity contribution in [2.24, 2.45) is 5.92 Å². The van der Waals surface area contributed by atoms with E-state index < -0.39 is 0 Å². The third-order valence-corrected chi connectivity index (χ3v) is 5.76. The van der Waals surface area contributed by atoms with Gasteiger partial charge in [0.2, 0.25) is 0 Å². The molecule has 1 aromatic heterocycles. The highest BCUT2D eigenvalue weighted by Crippen LogP contribution is 2.25. The second kappa shape index (κ2) is 8.27. The molecule has 2 fully saturated rings. The van der Waals surface area contributed by atoms with Crippen LogP contribution in [0.25, 0.3) is 5.69 Å². The predicted octanol–water partition coefficient (Wildman–Crippen LogP) is 1.75. The molecule has 1 unspecified atom stereocenters. The Kier molecular flexibility index (Phi) is 5.59. The zero-order valence-electron chi connectivity index (χ0n) is 16.0. The average molecular weight is 371 g/mol. The summed E-state index contributed by atoms with van der Waals surface area (Å²) in [5.41, 5.74) is 0.577. The van der Waals surface area contributed by atoms with Gasteiger partial charge in [0.1, 0.15) is 11.6 Å². The summed E-state index contributed by atoms with van der Waals surface area (Å²) in [4.78, 5) is 18.0. The molecule has 4 rings (SSSR count). The van der Waals surface area contributed by atoms with E-state index in [0.29, 0.717) is 5.92 Å². The second-order valence-corrected chi connectivity index (χ2v) is 7.74. The van der Waals surface area contributed by atoms with Gasteiger partial charge in [-0.15, -0.1) is 5.10 Å². The van der Waals surface area contributed by atoms with Crippen molar-refractivity contribution < 1.29 is 4.74 Å². The molecule has 0 amide bonds. The lowest BCUT2D eigenvalue weighted by atomic mass is 9.94. The normalized spacial score (nSPS) is 24.0. The van der Waals surface area contributed by atoms with Gasteiger partial charge < -0.3 is 15.0 Å². The number of likely N-dealkylation sites (tertiary alicyclic amines) is 1. The van der Waals surface area contributed by atoms with Crippen molar-refractivity contribution in [2.75, 3.05) is 39.8 Å². The third kappa shape index (κ3) is 4.25. The number of aromatic nitrogens is 3. The van der Waals surface area contributed by atoms with Crippen molar-refractivity contribution in [3.63, 3.8) is 0 Å². The van der Waals surface area contributed by atoms with E-state index in [9.17, 15) is 4.79 Å². The fourth-order valence-corrected chi connectivity index (χ4v) is 4.31. The Labute approximate surface area is 159 Å². The fourth-order valence-electron chi connectivity index (χ4n) is 4.31. The highest BCUT2D eigenvalue weighted by Gasteiger charge is 2.26. The van der Waals surface area contributed by atoms with Gasteiger partial charge in [0.15, 0.2) is 0 Å². The summed E-state index contributed by atoms with van der Waals surface area (Å²) < 4.78 is 6.64. The molecule has 3 heterocycles. The summed E-state index contributed by atoms with van der Waals surface area (Å²) >= 11 is 0. The minimum atomic E-state index is -0.177. The van der Waals surface area contributed by atoms with Crippen LogP contribution in [-0.2, 0) is 0 Å². The van der Waals surface area contributed by atoms with Crippen molar-refractivity contribution in [3.05, 3.63) is 40.6 Å². The average Bonchev–Trinajstić information content (AvgIpc) is 3.11. The Hall–Kier alpha value is -2.12. The van der Waals surface area contributed by atoms with Crippen LogP contribution in [0.15, 0.2) is 29.1 Å². The van der Waals surface area contributed by atoms with Gasteiger partial charge >= 0.3 is 5.69 Å². The molecule has 7 nitrogen and oxygen atoms in total. The van der Waals surface area contributed by atoms with Gasteiger partial charge in [-0.25, -0.2) is 4.79 Å². The smallest absolute Gasteiger partial charge is 0.348 e. The molecule has 2 aromatic rings. The van der Waals surface area contributed by atoms with E-state index in [4.69, 9.17) is 4.74 Å². The topological polar surface area (TPSA) is 75.2 Å². The van der Waals surface area contributed by atoms with Gasteiger partial charge in [-0.3, -0.25) is 4.98 Å². The lowest BCUT2D eigenvalue weighted by molar-refractivity contribution is 0.163. The van der Waals surface area contributed by atoms with Crippen LogP contribution in [0.5, 0.6) is 5.75 Å². The number of benzene rings is 1. The first-order valence-electron chi connectivity index (χ1n) is 9.99. The Morgan fingerprint density at radius 2 is 2.07 bits per heavy atom. The van der Waals surface area contributed by atoms with Crippen LogP contribution >= 0.6 is 0 Å². The molecular weight excluding hydrogens is 342 g/mol. The molecule has 27 heavy (non-hydrogen) atoms. The summed E-state index contributed by atoms with van der Waals surface area (Å²) in [6.07, 6.45) is 4.83. The van der Waals surface area contributed by atoms with Crippen molar-refractivity contribution in [2.45, 2.75) is 31.6 Å². The fraction of sp³-hybridized carbons (Fsp3) is 0.600. The first-order chi connectivity index (χ1) is 13.2. The lowest BCUT2D eigenvalue weighted by Crippen LogP contribution is -2.42. The molecule has 0 bridgehead atoms. The van der Waals surface area contributed by atoms with Gasteiger partial charge in [-0.05, 0) is 75.5 Å². The van der Waals surface area contributed by atoms with Crippen LogP contribution in [0.4, 0.5) is 0 Å². The summed E-state index contributed by atoms with van der Waals surface area (Å²) in [5, 5.41) is 8.11. The lowest BCUT2D eigenvalue weighted by Gasteiger charge is -2.35. The number of rotatable bonds is 5. The zero-order chi connectivity index (χ0) is 18.6. The third-order valence-electron chi connectivity index (χ3n) is 5.76. The molecule has 7 heteroatoms. The predicted molar refractivity (Wildman–Crippen MR) is 105 cm³/mol. The first kappa shape index (κ1) is 18.3. The maximum absolute atomic E-state index is 12.4. The van der Waals surface area contributed by atoms with E-state index in [1.165, 1.54) is 17.5 Å². The number of methoxy groups -OCH3 is 1. The van der Waals surface area contributed by atoms with Crippen LogP contribution < -0.4 is 15.7 Å². The van der Waals surface area contributed by atoms with Gasteiger partial charge in [-0.2, -0.15) is 4.68 Å². The quantitative estimate of drug-likeness (QED) is 0.838. The van der Waals surface area contributed by atoms with E-state index >= 15 is 0 Å². The molecular formula is C20H29N5O2. The number of hydrogen-bond donors (Lipinski definition) is 2. The van der Waals surface area contributed by atoms with Crippen LogP contribution in [0.2, 0.25) is 0 Å². The van der Waals surface area contributed by atoms with Crippen LogP contribution in [0, 0.1) is 5.92 Å². The number of nitrogens with zero attached hydrogens (tertiary/aromatic N) is 3. The van der Waals surface area contributed by atoms with Crippen molar-refractivity contribution in [1.29, 1.82) is 0 Å². The highest BCUT2D eigenvalue weighted by atomic mass is 16.5. The molecule has 0 aliphatic carbocycles. The number of hydrogen-bond acceptors (Lipinski definition) is 5. The Balaban J connectivity index is 1.45. The van der Waals surface area contributed by atoms with Gasteiger partial charge in [-0.1, -0.05) is 0 Å². The number of aromatic amines is 1. The van der Waals surface area contributed by atoms with Gasteiger partial charge in [0, 0.05) is 19.0 Å². The van der Waals surface area contributed by atoms with Crippen LogP contribution in [0.1, 0.15) is 37.4 Å². The van der Waals surface area contributed by atoms with Crippen molar-refractivity contribution in [1.82, 2.24) is 25.0 Å². The Morgan fingerprint density at radius 3 is 2.81 bits per heavy atom. The molecule has 2 N–H and O–H groups in total. The molecule has 2 aliphatic heterocycles. The molecule has 2 atom stereocenters. The summed E-state index contributed by atoms with van der Waals surface area (Å²) in [6.45, 7) is 5.56. The first-order valence-corrected chi connectivity index (χ1v) is 9.99. The van der Waals surface area contributed by atoms with Crippen molar-refractivity contribution >= 4 is 0 Å². The number of H-pyrrole nitrogens is 1. The maximum Gasteiger partial charge on any atom is 0.348 e. The monoisotopic (exact) mass is 371 g/mol. The Morgan fingerprint density at radius 1 is 1.22 bits per heavy atom. The van der Waals surface area contributed by atoms with Crippen LogP contribution in [-0.4, -0.2) is 59.5 Å². The minimum Gasteiger partial charge on any atom is -0.497 e. The minimum absolute atomic E-state index is 0.177. The number of ether oxygens (including phenoxy) is 1. The standard InChI is InChI=1S/C20H29N5O2/c1-27-18-8-6-17(7-9-18)25-20(26)22-19(23-25)16-5-3-11-24(14-16)13-15-4-2-10-21-12-15/h6-9,15-16,21H,2-5,10-14H2,1H3,(H,22,23,26)/t15?,16-/m0/s1. The zero-order valence-corrected chi connectivity index (χ0v) is 16.0. The summed E-state index contributed by atoms with van der Waals surface area (Å²) in [7, 11) is 1.63. The van der Waals surface area contributed by atoms with E-state index in [-0.39, 0.29) is 5.69 Å². The molecule has 0 radical (unpaired) electrons. The number of piperidine rings is 2. The van der Waals surface area contributed by atoms with Gasteiger partial charge in [0.25, 0.3) is 0 Å². The van der Waals surface area contributed by atoms with E-state index in [1.807, 2.05) is 24.3 Å². The van der Waals surface area contributed by atoms with E-state index in [1.54, 1.807) is 7.11 Å². The van der Waals surface area contributed by atoms with Crippen LogP contribution in [0.3, 0.4) is 0 Å². The maximum atomic E-state index is 12.4. The molecule has 0 saturated carbocycles. The Bertz CT molecular complexity index is 791. The molecule has 1 aromatic carbocycles. The SMILES string of the molecule is COc1ccc(-n2nc([C@H]3CCCN(CC4CCCNC4)C3)[nH]c2=O)cc1. The highest BCUT2D eigenvalue weighted by molar-refractivity contribution is 5.36. The molecule has 2 aliphatic rings. The molecule has 0 spiro atoms. The molecule has 2 saturated heterocycles.